The lowest BCUT2D eigenvalue weighted by Gasteiger charge is -2.11. The van der Waals surface area contributed by atoms with Crippen LogP contribution in [0.2, 0.25) is 0 Å². The lowest BCUT2D eigenvalue weighted by atomic mass is 10.2. The molecule has 0 spiro atoms. The quantitative estimate of drug-likeness (QED) is 0.734. The van der Waals surface area contributed by atoms with Crippen molar-refractivity contribution in [1.82, 2.24) is 19.5 Å². The van der Waals surface area contributed by atoms with E-state index in [1.54, 1.807) is 12.4 Å². The summed E-state index contributed by atoms with van der Waals surface area (Å²) in [6.07, 6.45) is 3.55. The zero-order valence-electron chi connectivity index (χ0n) is 11.6. The lowest BCUT2D eigenvalue weighted by Crippen LogP contribution is -2.11. The van der Waals surface area contributed by atoms with Crippen LogP contribution < -0.4 is 5.90 Å². The minimum atomic E-state index is 0.274. The molecule has 2 N–H and O–H groups in total. The fraction of sp³-hybridized carbons (Fsp3) is 0.357. The van der Waals surface area contributed by atoms with E-state index in [0.717, 1.165) is 34.4 Å². The second kappa shape index (κ2) is 5.15. The van der Waals surface area contributed by atoms with Crippen LogP contribution in [0.4, 0.5) is 0 Å². The standard InChI is InChI=1S/C14H17N5O/c1-9(2)7-19-12(8-20-15)18-11-6-17-10-4-3-5-16-13(10)14(11)19/h3-6,9H,7-8,15H2,1-2H3. The topological polar surface area (TPSA) is 78.9 Å². The average molecular weight is 271 g/mol. The van der Waals surface area contributed by atoms with E-state index in [-0.39, 0.29) is 6.61 Å². The van der Waals surface area contributed by atoms with Crippen LogP contribution in [0.25, 0.3) is 22.1 Å². The molecule has 0 fully saturated rings. The van der Waals surface area contributed by atoms with Crippen LogP contribution in [0.3, 0.4) is 0 Å². The number of pyridine rings is 2. The first kappa shape index (κ1) is 13.0. The van der Waals surface area contributed by atoms with E-state index in [1.807, 2.05) is 12.1 Å². The third-order valence-electron chi connectivity index (χ3n) is 3.17. The Labute approximate surface area is 116 Å². The van der Waals surface area contributed by atoms with E-state index in [4.69, 9.17) is 10.7 Å². The Hall–Kier alpha value is -2.05. The Morgan fingerprint density at radius 3 is 2.90 bits per heavy atom. The van der Waals surface area contributed by atoms with Crippen LogP contribution >= 0.6 is 0 Å². The van der Waals surface area contributed by atoms with Crippen LogP contribution in [0.15, 0.2) is 24.5 Å². The molecule has 0 amide bonds. The van der Waals surface area contributed by atoms with Crippen molar-refractivity contribution in [2.24, 2.45) is 11.8 Å². The van der Waals surface area contributed by atoms with Gasteiger partial charge < -0.3 is 4.57 Å². The van der Waals surface area contributed by atoms with Crippen LogP contribution in [0, 0.1) is 5.92 Å². The van der Waals surface area contributed by atoms with Crippen molar-refractivity contribution in [3.63, 3.8) is 0 Å². The summed E-state index contributed by atoms with van der Waals surface area (Å²) in [4.78, 5) is 18.2. The molecule has 0 aliphatic heterocycles. The SMILES string of the molecule is CC(C)Cn1c(CON)nc2cnc3cccnc3c21. The van der Waals surface area contributed by atoms with Crippen molar-refractivity contribution in [2.45, 2.75) is 27.0 Å². The number of nitrogens with two attached hydrogens (primary N) is 1. The summed E-state index contributed by atoms with van der Waals surface area (Å²) in [6.45, 7) is 5.44. The summed E-state index contributed by atoms with van der Waals surface area (Å²) in [5.74, 6) is 6.49. The second-order valence-corrected chi connectivity index (χ2v) is 5.21. The molecule has 0 aromatic carbocycles. The fourth-order valence-electron chi connectivity index (χ4n) is 2.42. The Bertz CT molecular complexity index is 750. The monoisotopic (exact) mass is 271 g/mol. The summed E-state index contributed by atoms with van der Waals surface area (Å²) < 4.78 is 2.13. The van der Waals surface area contributed by atoms with Crippen molar-refractivity contribution in [3.05, 3.63) is 30.4 Å². The number of hydrogen-bond donors (Lipinski definition) is 1. The molecular formula is C14H17N5O. The van der Waals surface area contributed by atoms with Crippen molar-refractivity contribution < 1.29 is 4.84 Å². The predicted octanol–water partition coefficient (Wildman–Crippen LogP) is 2.03. The van der Waals surface area contributed by atoms with Gasteiger partial charge >= 0.3 is 0 Å². The molecule has 6 heteroatoms. The first-order chi connectivity index (χ1) is 9.70. The Morgan fingerprint density at radius 1 is 1.30 bits per heavy atom. The summed E-state index contributed by atoms with van der Waals surface area (Å²) in [5, 5.41) is 0. The largest absolute Gasteiger partial charge is 0.324 e. The maximum Gasteiger partial charge on any atom is 0.138 e. The summed E-state index contributed by atoms with van der Waals surface area (Å²) >= 11 is 0. The zero-order valence-corrected chi connectivity index (χ0v) is 11.6. The number of hydrogen-bond acceptors (Lipinski definition) is 5. The van der Waals surface area contributed by atoms with Gasteiger partial charge in [0, 0.05) is 12.7 Å². The molecule has 0 aliphatic rings. The summed E-state index contributed by atoms with van der Waals surface area (Å²) in [6, 6.07) is 3.84. The van der Waals surface area contributed by atoms with Gasteiger partial charge in [0.2, 0.25) is 0 Å². The van der Waals surface area contributed by atoms with E-state index in [2.05, 4.69) is 33.4 Å². The number of rotatable bonds is 4. The molecule has 0 saturated heterocycles. The van der Waals surface area contributed by atoms with E-state index in [1.165, 1.54) is 0 Å². The highest BCUT2D eigenvalue weighted by Gasteiger charge is 2.15. The lowest BCUT2D eigenvalue weighted by molar-refractivity contribution is 0.115. The number of nitrogens with zero attached hydrogens (tertiary/aromatic N) is 4. The summed E-state index contributed by atoms with van der Waals surface area (Å²) in [7, 11) is 0. The molecule has 0 unspecified atom stereocenters. The molecule has 6 nitrogen and oxygen atoms in total. The Morgan fingerprint density at radius 2 is 2.15 bits per heavy atom. The Balaban J connectivity index is 2.33. The normalized spacial score (nSPS) is 11.8. The van der Waals surface area contributed by atoms with E-state index >= 15 is 0 Å². The molecule has 0 radical (unpaired) electrons. The number of aromatic nitrogens is 4. The predicted molar refractivity (Wildman–Crippen MR) is 76.6 cm³/mol. The van der Waals surface area contributed by atoms with Gasteiger partial charge in [0.15, 0.2) is 0 Å². The highest BCUT2D eigenvalue weighted by Crippen LogP contribution is 2.24. The first-order valence-electron chi connectivity index (χ1n) is 6.61. The minimum absolute atomic E-state index is 0.274. The van der Waals surface area contributed by atoms with Gasteiger partial charge in [-0.3, -0.25) is 14.8 Å². The average Bonchev–Trinajstić information content (AvgIpc) is 2.77. The van der Waals surface area contributed by atoms with Gasteiger partial charge in [0.25, 0.3) is 0 Å². The van der Waals surface area contributed by atoms with Crippen molar-refractivity contribution in [1.29, 1.82) is 0 Å². The van der Waals surface area contributed by atoms with Gasteiger partial charge in [-0.25, -0.2) is 10.9 Å². The third-order valence-corrected chi connectivity index (χ3v) is 3.17. The molecule has 0 atom stereocenters. The van der Waals surface area contributed by atoms with Crippen molar-refractivity contribution >= 4 is 22.1 Å². The molecular weight excluding hydrogens is 254 g/mol. The first-order valence-corrected chi connectivity index (χ1v) is 6.61. The molecule has 0 bridgehead atoms. The molecule has 3 aromatic heterocycles. The van der Waals surface area contributed by atoms with Gasteiger partial charge in [-0.15, -0.1) is 0 Å². The number of fused-ring (bicyclic) bond motifs is 3. The zero-order chi connectivity index (χ0) is 14.1. The highest BCUT2D eigenvalue weighted by atomic mass is 16.6. The second-order valence-electron chi connectivity index (χ2n) is 5.21. The molecule has 3 heterocycles. The molecule has 3 rings (SSSR count). The van der Waals surface area contributed by atoms with Crippen LogP contribution in [-0.4, -0.2) is 19.5 Å². The maximum absolute atomic E-state index is 5.21. The molecule has 20 heavy (non-hydrogen) atoms. The molecule has 104 valence electrons. The fourth-order valence-corrected chi connectivity index (χ4v) is 2.42. The molecule has 0 saturated carbocycles. The highest BCUT2D eigenvalue weighted by molar-refractivity contribution is 5.99. The van der Waals surface area contributed by atoms with Gasteiger partial charge in [-0.1, -0.05) is 13.8 Å². The van der Waals surface area contributed by atoms with Crippen LogP contribution in [0.1, 0.15) is 19.7 Å². The Kier molecular flexibility index (Phi) is 3.33. The smallest absolute Gasteiger partial charge is 0.138 e. The van der Waals surface area contributed by atoms with Gasteiger partial charge in [-0.05, 0) is 18.1 Å². The summed E-state index contributed by atoms with van der Waals surface area (Å²) in [5.41, 5.74) is 3.55. The van der Waals surface area contributed by atoms with E-state index in [0.29, 0.717) is 5.92 Å². The number of imidazole rings is 1. The van der Waals surface area contributed by atoms with Gasteiger partial charge in [-0.2, -0.15) is 0 Å². The van der Waals surface area contributed by atoms with Crippen LogP contribution in [0.5, 0.6) is 0 Å². The molecule has 0 aliphatic carbocycles. The van der Waals surface area contributed by atoms with Crippen molar-refractivity contribution in [3.8, 4) is 0 Å². The van der Waals surface area contributed by atoms with Crippen LogP contribution in [-0.2, 0) is 18.0 Å². The van der Waals surface area contributed by atoms with Gasteiger partial charge in [0.1, 0.15) is 23.5 Å². The third kappa shape index (κ3) is 2.13. The molecule has 3 aromatic rings. The van der Waals surface area contributed by atoms with Crippen molar-refractivity contribution in [2.75, 3.05) is 0 Å². The maximum atomic E-state index is 5.21. The minimum Gasteiger partial charge on any atom is -0.324 e. The van der Waals surface area contributed by atoms with E-state index < -0.39 is 0 Å². The van der Waals surface area contributed by atoms with Gasteiger partial charge in [0.05, 0.1) is 17.2 Å². The van der Waals surface area contributed by atoms with E-state index in [9.17, 15) is 0 Å².